The Morgan fingerprint density at radius 3 is 2.52 bits per heavy atom. The Kier molecular flexibility index (Phi) is 5.75. The smallest absolute Gasteiger partial charge is 0.212 e. The number of nitrogens with zero attached hydrogens (tertiary/aromatic N) is 3. The highest BCUT2D eigenvalue weighted by molar-refractivity contribution is 7.99. The predicted octanol–water partition coefficient (Wildman–Crippen LogP) is 2.65. The van der Waals surface area contributed by atoms with Gasteiger partial charge in [0.1, 0.15) is 11.6 Å². The molecule has 4 nitrogen and oxygen atoms in total. The molecule has 2 heterocycles. The topological polar surface area (TPSA) is 54.0 Å². The number of rotatable bonds is 5. The third kappa shape index (κ3) is 3.44. The standard InChI is InChI=1S/C16H23N3OS/c1-3-5-13-11-16(18-7-9-21-10-8-18)14(12-17)15(6-4-2)19(13)20/h11H,3-10H2,1-2H3. The summed E-state index contributed by atoms with van der Waals surface area (Å²) in [5.74, 6) is 2.17. The van der Waals surface area contributed by atoms with Crippen molar-refractivity contribution in [3.63, 3.8) is 0 Å². The van der Waals surface area contributed by atoms with Crippen LogP contribution in [0.5, 0.6) is 0 Å². The minimum absolute atomic E-state index is 0.582. The molecule has 1 aromatic heterocycles. The van der Waals surface area contributed by atoms with Gasteiger partial charge >= 0.3 is 0 Å². The number of aryl methyl sites for hydroxylation is 1. The zero-order valence-electron chi connectivity index (χ0n) is 12.9. The fourth-order valence-electron chi connectivity index (χ4n) is 2.78. The Hall–Kier alpha value is -1.41. The van der Waals surface area contributed by atoms with Gasteiger partial charge < -0.3 is 10.1 Å². The van der Waals surface area contributed by atoms with Crippen molar-refractivity contribution < 1.29 is 4.73 Å². The SMILES string of the molecule is CCCc1cc(N2CCSCC2)c(C#N)c(CCC)[n+]1[O-]. The van der Waals surface area contributed by atoms with E-state index in [-0.39, 0.29) is 0 Å². The van der Waals surface area contributed by atoms with Gasteiger partial charge in [0.25, 0.3) is 0 Å². The van der Waals surface area contributed by atoms with Gasteiger partial charge in [-0.1, -0.05) is 13.8 Å². The molecule has 0 bridgehead atoms. The summed E-state index contributed by atoms with van der Waals surface area (Å²) in [4.78, 5) is 2.27. The third-order valence-electron chi connectivity index (χ3n) is 3.81. The highest BCUT2D eigenvalue weighted by Gasteiger charge is 2.25. The Labute approximate surface area is 131 Å². The second kappa shape index (κ2) is 7.56. The Morgan fingerprint density at radius 2 is 1.95 bits per heavy atom. The van der Waals surface area contributed by atoms with Crippen molar-refractivity contribution in [2.45, 2.75) is 39.5 Å². The van der Waals surface area contributed by atoms with Gasteiger partial charge in [-0.25, -0.2) is 0 Å². The summed E-state index contributed by atoms with van der Waals surface area (Å²) in [7, 11) is 0. The maximum absolute atomic E-state index is 12.5. The molecule has 0 unspecified atom stereocenters. The zero-order valence-corrected chi connectivity index (χ0v) is 13.7. The largest absolute Gasteiger partial charge is 0.618 e. The molecule has 114 valence electrons. The summed E-state index contributed by atoms with van der Waals surface area (Å²) in [6.07, 6.45) is 3.25. The van der Waals surface area contributed by atoms with E-state index in [9.17, 15) is 10.5 Å². The highest BCUT2D eigenvalue weighted by atomic mass is 32.2. The molecule has 1 aromatic rings. The number of anilines is 1. The number of thioether (sulfide) groups is 1. The van der Waals surface area contributed by atoms with E-state index in [1.807, 2.05) is 24.8 Å². The summed E-state index contributed by atoms with van der Waals surface area (Å²) in [5.41, 5.74) is 3.00. The van der Waals surface area contributed by atoms with Gasteiger partial charge in [-0.05, 0) is 12.8 Å². The molecule has 5 heteroatoms. The maximum Gasteiger partial charge on any atom is 0.212 e. The van der Waals surface area contributed by atoms with Gasteiger partial charge in [0.15, 0.2) is 5.69 Å². The van der Waals surface area contributed by atoms with Gasteiger partial charge in [-0.2, -0.15) is 21.8 Å². The molecular formula is C16H23N3OS. The fourth-order valence-corrected chi connectivity index (χ4v) is 3.68. The molecular weight excluding hydrogens is 282 g/mol. The van der Waals surface area contributed by atoms with Crippen molar-refractivity contribution in [3.05, 3.63) is 28.2 Å². The number of nitriles is 1. The van der Waals surface area contributed by atoms with Crippen molar-refractivity contribution in [1.82, 2.24) is 0 Å². The second-order valence-corrected chi connectivity index (χ2v) is 6.57. The van der Waals surface area contributed by atoms with Crippen LogP contribution in [0.1, 0.15) is 43.6 Å². The van der Waals surface area contributed by atoms with Crippen LogP contribution in [-0.4, -0.2) is 24.6 Å². The summed E-state index contributed by atoms with van der Waals surface area (Å²) in [5, 5.41) is 22.1. The summed E-state index contributed by atoms with van der Waals surface area (Å²) in [6, 6.07) is 4.24. The van der Waals surface area contributed by atoms with E-state index in [0.717, 1.165) is 60.0 Å². The molecule has 0 amide bonds. The molecule has 1 saturated heterocycles. The second-order valence-electron chi connectivity index (χ2n) is 5.35. The normalized spacial score (nSPS) is 15.0. The van der Waals surface area contributed by atoms with E-state index < -0.39 is 0 Å². The van der Waals surface area contributed by atoms with Crippen LogP contribution in [0.3, 0.4) is 0 Å². The van der Waals surface area contributed by atoms with Crippen molar-refractivity contribution in [3.8, 4) is 6.07 Å². The Bertz CT molecular complexity index is 533. The number of aromatic nitrogens is 1. The van der Waals surface area contributed by atoms with Crippen LogP contribution >= 0.6 is 11.8 Å². The Morgan fingerprint density at radius 1 is 1.29 bits per heavy atom. The van der Waals surface area contributed by atoms with E-state index in [4.69, 9.17) is 0 Å². The van der Waals surface area contributed by atoms with Crippen LogP contribution < -0.4 is 9.63 Å². The lowest BCUT2D eigenvalue weighted by Crippen LogP contribution is -2.41. The first kappa shape index (κ1) is 16.0. The van der Waals surface area contributed by atoms with Crippen molar-refractivity contribution in [1.29, 1.82) is 5.26 Å². The van der Waals surface area contributed by atoms with Gasteiger partial charge in [0, 0.05) is 43.5 Å². The first-order chi connectivity index (χ1) is 10.2. The molecule has 1 aliphatic rings. The zero-order chi connectivity index (χ0) is 15.2. The molecule has 0 N–H and O–H groups in total. The minimum Gasteiger partial charge on any atom is -0.618 e. The average molecular weight is 305 g/mol. The van der Waals surface area contributed by atoms with Gasteiger partial charge in [0.2, 0.25) is 5.69 Å². The summed E-state index contributed by atoms with van der Waals surface area (Å²) in [6.45, 7) is 6.04. The first-order valence-corrected chi connectivity index (χ1v) is 8.89. The molecule has 0 radical (unpaired) electrons. The van der Waals surface area contributed by atoms with Crippen LogP contribution in [0, 0.1) is 16.5 Å². The lowest BCUT2D eigenvalue weighted by Gasteiger charge is -2.29. The highest BCUT2D eigenvalue weighted by Crippen LogP contribution is 2.26. The summed E-state index contributed by atoms with van der Waals surface area (Å²) < 4.78 is 1.01. The third-order valence-corrected chi connectivity index (χ3v) is 4.75. The van der Waals surface area contributed by atoms with E-state index in [0.29, 0.717) is 17.7 Å². The van der Waals surface area contributed by atoms with Crippen molar-refractivity contribution >= 4 is 17.4 Å². The van der Waals surface area contributed by atoms with Gasteiger partial charge in [-0.15, -0.1) is 0 Å². The monoisotopic (exact) mass is 305 g/mol. The van der Waals surface area contributed by atoms with E-state index in [1.54, 1.807) is 0 Å². The molecule has 0 aliphatic carbocycles. The molecule has 0 aromatic carbocycles. The van der Waals surface area contributed by atoms with Crippen LogP contribution in [0.15, 0.2) is 6.07 Å². The lowest BCUT2D eigenvalue weighted by molar-refractivity contribution is -0.622. The molecule has 0 saturated carbocycles. The minimum atomic E-state index is 0.582. The number of pyridine rings is 1. The van der Waals surface area contributed by atoms with Gasteiger partial charge in [0.05, 0.1) is 5.69 Å². The first-order valence-electron chi connectivity index (χ1n) is 7.74. The van der Waals surface area contributed by atoms with Gasteiger partial charge in [-0.3, -0.25) is 0 Å². The fraction of sp³-hybridized carbons (Fsp3) is 0.625. The predicted molar refractivity (Wildman–Crippen MR) is 87.6 cm³/mol. The van der Waals surface area contributed by atoms with E-state index in [2.05, 4.69) is 17.9 Å². The quantitative estimate of drug-likeness (QED) is 0.620. The average Bonchev–Trinajstić information content (AvgIpc) is 2.52. The van der Waals surface area contributed by atoms with E-state index in [1.165, 1.54) is 0 Å². The van der Waals surface area contributed by atoms with E-state index >= 15 is 0 Å². The van der Waals surface area contributed by atoms with Crippen LogP contribution in [0.2, 0.25) is 0 Å². The van der Waals surface area contributed by atoms with Crippen LogP contribution in [0.25, 0.3) is 0 Å². The lowest BCUT2D eigenvalue weighted by atomic mass is 10.0. The molecule has 0 atom stereocenters. The van der Waals surface area contributed by atoms with Crippen LogP contribution in [0.4, 0.5) is 5.69 Å². The molecule has 0 spiro atoms. The Balaban J connectivity index is 2.52. The number of hydrogen-bond acceptors (Lipinski definition) is 4. The van der Waals surface area contributed by atoms with Crippen LogP contribution in [-0.2, 0) is 12.8 Å². The molecule has 2 rings (SSSR count). The molecule has 1 aliphatic heterocycles. The number of hydrogen-bond donors (Lipinski definition) is 0. The molecule has 21 heavy (non-hydrogen) atoms. The summed E-state index contributed by atoms with van der Waals surface area (Å²) >= 11 is 1.95. The maximum atomic E-state index is 12.5. The molecule has 1 fully saturated rings. The van der Waals surface area contributed by atoms with Crippen molar-refractivity contribution in [2.75, 3.05) is 29.5 Å². The van der Waals surface area contributed by atoms with Crippen molar-refractivity contribution in [2.24, 2.45) is 0 Å².